The number of piperazine rings is 1. The lowest BCUT2D eigenvalue weighted by Crippen LogP contribution is -2.68. The largest absolute Gasteiger partial charge is 0.490 e. The number of ether oxygens (including phenoxy) is 1. The monoisotopic (exact) mass is 521 g/mol. The Bertz CT molecular complexity index is 1080. The van der Waals surface area contributed by atoms with E-state index in [-0.39, 0.29) is 50.2 Å². The van der Waals surface area contributed by atoms with Crippen LogP contribution in [0.4, 0.5) is 13.2 Å². The molecule has 3 saturated heterocycles. The normalized spacial score (nSPS) is 26.5. The van der Waals surface area contributed by atoms with Crippen LogP contribution in [0.3, 0.4) is 0 Å². The average molecular weight is 522 g/mol. The SMILES string of the molecule is CC(=O)N1[C@@H]2CC[C@H]1[C@H](C(=O)NO)N(S(=O)(=O)N1CCC(Oc3ccnc(C(F)(F)F)c3)CC1)C2. The first-order valence-electron chi connectivity index (χ1n) is 11.1. The third-order valence-electron chi connectivity index (χ3n) is 6.70. The van der Waals surface area contributed by atoms with Crippen molar-refractivity contribution in [3.63, 3.8) is 0 Å². The van der Waals surface area contributed by atoms with Crippen LogP contribution in [0, 0.1) is 0 Å². The number of halogens is 3. The van der Waals surface area contributed by atoms with Crippen molar-refractivity contribution in [3.8, 4) is 5.75 Å². The van der Waals surface area contributed by atoms with Crippen LogP contribution in [0.5, 0.6) is 5.75 Å². The molecule has 0 aromatic carbocycles. The van der Waals surface area contributed by atoms with Gasteiger partial charge in [0, 0.05) is 44.9 Å². The molecule has 0 aliphatic carbocycles. The third-order valence-corrected chi connectivity index (χ3v) is 8.69. The molecule has 0 unspecified atom stereocenters. The lowest BCUT2D eigenvalue weighted by molar-refractivity contribution is -0.143. The Morgan fingerprint density at radius 2 is 1.89 bits per heavy atom. The van der Waals surface area contributed by atoms with Gasteiger partial charge in [-0.05, 0) is 31.7 Å². The Balaban J connectivity index is 1.46. The van der Waals surface area contributed by atoms with Crippen molar-refractivity contribution in [2.45, 2.75) is 63.0 Å². The zero-order valence-electron chi connectivity index (χ0n) is 18.8. The second kappa shape index (κ2) is 9.52. The topological polar surface area (TPSA) is 132 Å². The molecule has 0 radical (unpaired) electrons. The first-order chi connectivity index (χ1) is 16.4. The number of nitrogens with one attached hydrogen (secondary N) is 1. The van der Waals surface area contributed by atoms with E-state index in [0.29, 0.717) is 12.8 Å². The smallest absolute Gasteiger partial charge is 0.433 e. The molecule has 4 rings (SSSR count). The molecular weight excluding hydrogens is 495 g/mol. The molecule has 4 heterocycles. The molecule has 35 heavy (non-hydrogen) atoms. The van der Waals surface area contributed by atoms with Crippen molar-refractivity contribution in [3.05, 3.63) is 24.0 Å². The number of piperidine rings is 1. The summed E-state index contributed by atoms with van der Waals surface area (Å²) in [5, 5.41) is 9.25. The van der Waals surface area contributed by atoms with E-state index in [2.05, 4.69) is 4.98 Å². The highest BCUT2D eigenvalue weighted by Gasteiger charge is 2.55. The predicted octanol–water partition coefficient (Wildman–Crippen LogP) is 0.758. The lowest BCUT2D eigenvalue weighted by atomic mass is 10.0. The van der Waals surface area contributed by atoms with Crippen molar-refractivity contribution in [2.75, 3.05) is 19.6 Å². The number of hydrogen-bond donors (Lipinski definition) is 2. The van der Waals surface area contributed by atoms with Crippen molar-refractivity contribution >= 4 is 22.0 Å². The third kappa shape index (κ3) is 4.94. The van der Waals surface area contributed by atoms with E-state index in [9.17, 15) is 36.4 Å². The summed E-state index contributed by atoms with van der Waals surface area (Å²) in [6.45, 7) is 1.33. The number of fused-ring (bicyclic) bond motifs is 2. The van der Waals surface area contributed by atoms with Crippen LogP contribution in [-0.2, 0) is 26.0 Å². The van der Waals surface area contributed by atoms with Crippen LogP contribution in [0.25, 0.3) is 0 Å². The van der Waals surface area contributed by atoms with Gasteiger partial charge in [-0.1, -0.05) is 0 Å². The Labute approximate surface area is 200 Å². The summed E-state index contributed by atoms with van der Waals surface area (Å²) >= 11 is 0. The quantitative estimate of drug-likeness (QED) is 0.432. The van der Waals surface area contributed by atoms with Crippen LogP contribution in [0.15, 0.2) is 18.3 Å². The van der Waals surface area contributed by atoms with Gasteiger partial charge >= 0.3 is 6.18 Å². The summed E-state index contributed by atoms with van der Waals surface area (Å²) in [7, 11) is -4.14. The maximum Gasteiger partial charge on any atom is 0.433 e. The van der Waals surface area contributed by atoms with E-state index in [0.717, 1.165) is 16.6 Å². The molecule has 3 aliphatic rings. The van der Waals surface area contributed by atoms with E-state index in [1.807, 2.05) is 0 Å². The molecule has 3 aliphatic heterocycles. The number of amides is 2. The Kier molecular flexibility index (Phi) is 6.96. The Morgan fingerprint density at radius 1 is 1.20 bits per heavy atom. The molecule has 0 saturated carbocycles. The number of hydroxylamine groups is 1. The minimum atomic E-state index is -4.61. The first-order valence-corrected chi connectivity index (χ1v) is 12.5. The van der Waals surface area contributed by atoms with Gasteiger partial charge in [-0.25, -0.2) is 5.48 Å². The number of rotatable bonds is 5. The van der Waals surface area contributed by atoms with Gasteiger partial charge in [0.25, 0.3) is 16.1 Å². The summed E-state index contributed by atoms with van der Waals surface area (Å²) in [5.41, 5.74) is 0.444. The number of hydrogen-bond acceptors (Lipinski definition) is 7. The van der Waals surface area contributed by atoms with Crippen molar-refractivity contribution in [2.24, 2.45) is 0 Å². The zero-order valence-corrected chi connectivity index (χ0v) is 19.6. The van der Waals surface area contributed by atoms with Gasteiger partial charge in [-0.2, -0.15) is 30.2 Å². The maximum atomic E-state index is 13.5. The number of carbonyl (C=O) groups is 2. The van der Waals surface area contributed by atoms with Gasteiger partial charge in [0.05, 0.1) is 6.04 Å². The van der Waals surface area contributed by atoms with Crippen molar-refractivity contribution < 1.29 is 41.1 Å². The fourth-order valence-electron chi connectivity index (χ4n) is 5.18. The molecule has 2 N–H and O–H groups in total. The fraction of sp³-hybridized carbons (Fsp3) is 0.650. The number of alkyl halides is 3. The van der Waals surface area contributed by atoms with Gasteiger partial charge in [-0.15, -0.1) is 0 Å². The molecule has 15 heteroatoms. The van der Waals surface area contributed by atoms with Gasteiger partial charge in [0.1, 0.15) is 23.6 Å². The number of nitrogens with zero attached hydrogens (tertiary/aromatic N) is 4. The van der Waals surface area contributed by atoms with Gasteiger partial charge < -0.3 is 9.64 Å². The highest BCUT2D eigenvalue weighted by molar-refractivity contribution is 7.86. The van der Waals surface area contributed by atoms with E-state index in [1.165, 1.54) is 27.7 Å². The lowest BCUT2D eigenvalue weighted by Gasteiger charge is -2.46. The van der Waals surface area contributed by atoms with E-state index in [1.54, 1.807) is 0 Å². The minimum absolute atomic E-state index is 0.00903. The minimum Gasteiger partial charge on any atom is -0.490 e. The summed E-state index contributed by atoms with van der Waals surface area (Å²) in [6.07, 6.45) is -2.71. The summed E-state index contributed by atoms with van der Waals surface area (Å²) in [6, 6.07) is -0.236. The standard InChI is InChI=1S/C20H26F3N5O6S/c1-12(29)28-13-2-3-16(28)18(19(30)25-31)27(11-13)35(32,33)26-8-5-14(6-9-26)34-15-4-7-24-17(10-15)20(21,22)23/h4,7,10,13-14,16,18,31H,2-3,5-6,8-9,11H2,1H3,(H,25,30)/t13-,16+,18-/m1/s1. The van der Waals surface area contributed by atoms with Gasteiger partial charge in [0.15, 0.2) is 0 Å². The van der Waals surface area contributed by atoms with Crippen molar-refractivity contribution in [1.82, 2.24) is 24.0 Å². The molecule has 2 bridgehead atoms. The highest BCUT2D eigenvalue weighted by Crippen LogP contribution is 2.37. The number of carbonyl (C=O) groups excluding carboxylic acids is 2. The van der Waals surface area contributed by atoms with Crippen LogP contribution < -0.4 is 10.2 Å². The molecule has 11 nitrogen and oxygen atoms in total. The molecule has 2 amide bonds. The van der Waals surface area contributed by atoms with Gasteiger partial charge in [-0.3, -0.25) is 19.8 Å². The molecule has 0 spiro atoms. The second-order valence-electron chi connectivity index (χ2n) is 8.81. The van der Waals surface area contributed by atoms with Crippen LogP contribution in [0.2, 0.25) is 0 Å². The molecule has 1 aromatic heterocycles. The molecule has 3 atom stereocenters. The molecule has 194 valence electrons. The Hall–Kier alpha value is -2.49. The fourth-order valence-corrected chi connectivity index (χ4v) is 7.03. The van der Waals surface area contributed by atoms with E-state index in [4.69, 9.17) is 4.74 Å². The number of pyridine rings is 1. The maximum absolute atomic E-state index is 13.5. The van der Waals surface area contributed by atoms with Crippen molar-refractivity contribution in [1.29, 1.82) is 0 Å². The Morgan fingerprint density at radius 3 is 2.49 bits per heavy atom. The van der Waals surface area contributed by atoms with E-state index >= 15 is 0 Å². The van der Waals surface area contributed by atoms with Crippen LogP contribution >= 0.6 is 0 Å². The van der Waals surface area contributed by atoms with Gasteiger partial charge in [0.2, 0.25) is 5.91 Å². The molecule has 1 aromatic rings. The van der Waals surface area contributed by atoms with Crippen LogP contribution in [0.1, 0.15) is 38.3 Å². The molecule has 3 fully saturated rings. The molecular formula is C20H26F3N5O6S. The summed E-state index contributed by atoms with van der Waals surface area (Å²) in [5.74, 6) is -1.19. The zero-order chi connectivity index (χ0) is 25.5. The predicted molar refractivity (Wildman–Crippen MR) is 113 cm³/mol. The average Bonchev–Trinajstić information content (AvgIpc) is 3.12. The second-order valence-corrected chi connectivity index (χ2v) is 10.7. The first kappa shape index (κ1) is 25.6. The summed E-state index contributed by atoms with van der Waals surface area (Å²) < 4.78 is 73.5. The van der Waals surface area contributed by atoms with Crippen LogP contribution in [-0.4, -0.2) is 87.8 Å². The summed E-state index contributed by atoms with van der Waals surface area (Å²) in [4.78, 5) is 29.4. The highest BCUT2D eigenvalue weighted by atomic mass is 32.2. The number of aromatic nitrogens is 1. The van der Waals surface area contributed by atoms with E-state index < -0.39 is 46.2 Å².